The molecule has 0 spiro atoms. The molecule has 0 bridgehead atoms. The van der Waals surface area contributed by atoms with Crippen molar-refractivity contribution in [1.29, 1.82) is 0 Å². The van der Waals surface area contributed by atoms with E-state index in [1.54, 1.807) is 19.9 Å². The number of halogens is 2. The van der Waals surface area contributed by atoms with E-state index in [4.69, 9.17) is 25.8 Å². The van der Waals surface area contributed by atoms with Crippen molar-refractivity contribution in [2.24, 2.45) is 29.6 Å². The minimum Gasteiger partial charge on any atom is -0.435 e. The van der Waals surface area contributed by atoms with Crippen molar-refractivity contribution in [3.8, 4) is 0 Å². The van der Waals surface area contributed by atoms with Crippen LogP contribution in [-0.2, 0) is 38.0 Å². The lowest BCUT2D eigenvalue weighted by molar-refractivity contribution is -0.161. The fourth-order valence-corrected chi connectivity index (χ4v) is 5.77. The molecule has 2 saturated carbocycles. The smallest absolute Gasteiger partial charge is 0.435 e. The number of rotatable bonds is 11. The lowest BCUT2D eigenvalue weighted by atomic mass is 9.90. The summed E-state index contributed by atoms with van der Waals surface area (Å²) in [4.78, 5) is 48.7. The highest BCUT2D eigenvalue weighted by molar-refractivity contribution is 7.99. The van der Waals surface area contributed by atoms with E-state index in [0.29, 0.717) is 12.2 Å². The Morgan fingerprint density at radius 2 is 1.50 bits per heavy atom. The van der Waals surface area contributed by atoms with Crippen molar-refractivity contribution in [3.05, 3.63) is 29.0 Å². The molecule has 13 heteroatoms. The SMILES string of the molecule is CCOC(=O)OCOC(=O)C1C(CSc2ccc(F)c(Cl)c2)CC2C(C(=O)OCOC(=O)OCC)C21. The number of carbonyl (C=O) groups is 4. The van der Waals surface area contributed by atoms with E-state index >= 15 is 0 Å². The zero-order valence-corrected chi connectivity index (χ0v) is 21.2. The number of hydrogen-bond donors (Lipinski definition) is 0. The molecule has 0 aromatic heterocycles. The topological polar surface area (TPSA) is 124 Å². The Morgan fingerprint density at radius 1 is 0.917 bits per heavy atom. The van der Waals surface area contributed by atoms with Crippen LogP contribution in [-0.4, -0.2) is 56.8 Å². The fraction of sp³-hybridized carbons (Fsp3) is 0.565. The third-order valence-corrected chi connectivity index (χ3v) is 7.38. The van der Waals surface area contributed by atoms with Crippen LogP contribution in [0.4, 0.5) is 14.0 Å². The molecule has 0 amide bonds. The van der Waals surface area contributed by atoms with Crippen LogP contribution in [0.25, 0.3) is 0 Å². The van der Waals surface area contributed by atoms with Gasteiger partial charge in [0.15, 0.2) is 0 Å². The second kappa shape index (κ2) is 13.0. The first-order valence-corrected chi connectivity index (χ1v) is 12.6. The molecule has 2 fully saturated rings. The van der Waals surface area contributed by atoms with Crippen LogP contribution in [0.5, 0.6) is 0 Å². The van der Waals surface area contributed by atoms with Crippen molar-refractivity contribution in [2.45, 2.75) is 25.2 Å². The Morgan fingerprint density at radius 3 is 2.06 bits per heavy atom. The molecule has 0 radical (unpaired) electrons. The van der Waals surface area contributed by atoms with Gasteiger partial charge in [-0.1, -0.05) is 11.6 Å². The second-order valence-electron chi connectivity index (χ2n) is 7.99. The fourth-order valence-electron chi connectivity index (χ4n) is 4.41. The average molecular weight is 549 g/mol. The normalized spacial score (nSPS) is 23.7. The van der Waals surface area contributed by atoms with Gasteiger partial charge in [0.25, 0.3) is 0 Å². The lowest BCUT2D eigenvalue weighted by Gasteiger charge is -2.22. The largest absolute Gasteiger partial charge is 0.511 e. The molecule has 36 heavy (non-hydrogen) atoms. The van der Waals surface area contributed by atoms with Crippen LogP contribution in [0.3, 0.4) is 0 Å². The molecule has 3 rings (SSSR count). The highest BCUT2D eigenvalue weighted by Gasteiger charge is 2.67. The average Bonchev–Trinajstić information content (AvgIpc) is 3.40. The van der Waals surface area contributed by atoms with Crippen LogP contribution in [0.1, 0.15) is 20.3 Å². The first kappa shape index (κ1) is 27.9. The van der Waals surface area contributed by atoms with Gasteiger partial charge in [-0.05, 0) is 56.2 Å². The maximum absolute atomic E-state index is 13.5. The van der Waals surface area contributed by atoms with Crippen LogP contribution < -0.4 is 0 Å². The standard InChI is InChI=1S/C23H26ClFO10S/c1-3-30-22(28)34-10-32-20(26)17-12(9-36-13-5-6-16(25)15(24)8-13)7-14-18(17)19(14)21(27)33-11-35-23(29)31-4-2/h5-6,8,12,14,17-19H,3-4,7,9-11H2,1-2H3. The molecule has 198 valence electrons. The van der Waals surface area contributed by atoms with Crippen molar-refractivity contribution >= 4 is 47.6 Å². The number of thioether (sulfide) groups is 1. The van der Waals surface area contributed by atoms with Crippen LogP contribution >= 0.6 is 23.4 Å². The Kier molecular flexibility index (Phi) is 10.1. The van der Waals surface area contributed by atoms with E-state index in [2.05, 4.69) is 14.2 Å². The first-order chi connectivity index (χ1) is 17.3. The molecule has 1 aromatic carbocycles. The third-order valence-electron chi connectivity index (χ3n) is 5.91. The Hall–Kier alpha value is -2.73. The molecule has 0 N–H and O–H groups in total. The maximum atomic E-state index is 13.5. The van der Waals surface area contributed by atoms with E-state index in [1.807, 2.05) is 0 Å². The minimum atomic E-state index is -0.968. The number of benzene rings is 1. The van der Waals surface area contributed by atoms with Crippen LogP contribution in [0.15, 0.2) is 23.1 Å². The van der Waals surface area contributed by atoms with Gasteiger partial charge < -0.3 is 28.4 Å². The number of ether oxygens (including phenoxy) is 6. The molecule has 0 saturated heterocycles. The van der Waals surface area contributed by atoms with Gasteiger partial charge in [-0.2, -0.15) is 0 Å². The summed E-state index contributed by atoms with van der Waals surface area (Å²) >= 11 is 7.25. The van der Waals surface area contributed by atoms with Gasteiger partial charge >= 0.3 is 24.2 Å². The van der Waals surface area contributed by atoms with E-state index in [-0.39, 0.29) is 36.0 Å². The van der Waals surface area contributed by atoms with Crippen molar-refractivity contribution in [3.63, 3.8) is 0 Å². The van der Waals surface area contributed by atoms with Crippen molar-refractivity contribution in [1.82, 2.24) is 0 Å². The quantitative estimate of drug-likeness (QED) is 0.169. The molecule has 0 aliphatic heterocycles. The monoisotopic (exact) mass is 548 g/mol. The molecular formula is C23H26ClFO10S. The van der Waals surface area contributed by atoms with Crippen molar-refractivity contribution < 1.29 is 52.0 Å². The molecular weight excluding hydrogens is 523 g/mol. The predicted octanol–water partition coefficient (Wildman–Crippen LogP) is 4.42. The molecule has 2 aliphatic rings. The minimum absolute atomic E-state index is 0.00538. The maximum Gasteiger partial charge on any atom is 0.511 e. The summed E-state index contributed by atoms with van der Waals surface area (Å²) in [5.74, 6) is -3.08. The summed E-state index contributed by atoms with van der Waals surface area (Å²) in [5.41, 5.74) is 0. The summed E-state index contributed by atoms with van der Waals surface area (Å²) < 4.78 is 42.2. The van der Waals surface area contributed by atoms with Gasteiger partial charge in [-0.3, -0.25) is 9.59 Å². The zero-order valence-electron chi connectivity index (χ0n) is 19.6. The van der Waals surface area contributed by atoms with Gasteiger partial charge in [-0.15, -0.1) is 11.8 Å². The highest BCUT2D eigenvalue weighted by atomic mass is 35.5. The van der Waals surface area contributed by atoms with E-state index < -0.39 is 55.5 Å². The molecule has 0 heterocycles. The van der Waals surface area contributed by atoms with Gasteiger partial charge in [-0.25, -0.2) is 14.0 Å². The lowest BCUT2D eigenvalue weighted by Crippen LogP contribution is -2.30. The van der Waals surface area contributed by atoms with Crippen molar-refractivity contribution in [2.75, 3.05) is 32.6 Å². The molecule has 10 nitrogen and oxygen atoms in total. The summed E-state index contributed by atoms with van der Waals surface area (Å²) in [6, 6.07) is 4.35. The number of carbonyl (C=O) groups excluding carboxylic acids is 4. The Bertz CT molecular complexity index is 976. The predicted molar refractivity (Wildman–Crippen MR) is 122 cm³/mol. The Labute approximate surface area is 216 Å². The number of esters is 2. The summed E-state index contributed by atoms with van der Waals surface area (Å²) in [6.45, 7) is 2.21. The molecule has 5 unspecified atom stereocenters. The van der Waals surface area contributed by atoms with E-state index in [1.165, 1.54) is 23.9 Å². The second-order valence-corrected chi connectivity index (χ2v) is 9.49. The highest BCUT2D eigenvalue weighted by Crippen LogP contribution is 2.64. The van der Waals surface area contributed by atoms with Crippen LogP contribution in [0.2, 0.25) is 5.02 Å². The molecule has 5 atom stereocenters. The van der Waals surface area contributed by atoms with Gasteiger partial charge in [0.05, 0.1) is 30.1 Å². The van der Waals surface area contributed by atoms with Gasteiger partial charge in [0.1, 0.15) is 5.82 Å². The van der Waals surface area contributed by atoms with Crippen LogP contribution in [0, 0.1) is 35.4 Å². The molecule has 2 aliphatic carbocycles. The number of fused-ring (bicyclic) bond motifs is 1. The van der Waals surface area contributed by atoms with E-state index in [0.717, 1.165) is 4.90 Å². The van der Waals surface area contributed by atoms with Gasteiger partial charge in [0.2, 0.25) is 13.6 Å². The summed E-state index contributed by atoms with van der Waals surface area (Å²) in [5, 5.41) is -0.00538. The molecule has 1 aromatic rings. The first-order valence-electron chi connectivity index (χ1n) is 11.3. The third kappa shape index (κ3) is 7.16. The zero-order chi connectivity index (χ0) is 26.2. The Balaban J connectivity index is 1.59. The van der Waals surface area contributed by atoms with E-state index in [9.17, 15) is 23.6 Å². The van der Waals surface area contributed by atoms with Gasteiger partial charge in [0, 0.05) is 10.6 Å². The summed E-state index contributed by atoms with van der Waals surface area (Å²) in [6.07, 6.45) is -1.38. The number of hydrogen-bond acceptors (Lipinski definition) is 11. The summed E-state index contributed by atoms with van der Waals surface area (Å²) in [7, 11) is 0.